The summed E-state index contributed by atoms with van der Waals surface area (Å²) in [6.07, 6.45) is 6.52. The van der Waals surface area contributed by atoms with Gasteiger partial charge in [0.2, 0.25) is 11.7 Å². The second-order valence-electron chi connectivity index (χ2n) is 10.7. The number of hydrogen-bond donors (Lipinski definition) is 0. The highest BCUT2D eigenvalue weighted by atomic mass is 19.2. The maximum absolute atomic E-state index is 18.6. The lowest BCUT2D eigenvalue weighted by atomic mass is 9.67. The van der Waals surface area contributed by atoms with Crippen LogP contribution in [0.25, 0.3) is 0 Å². The van der Waals surface area contributed by atoms with Gasteiger partial charge in [0, 0.05) is 40.7 Å². The molecule has 4 heteroatoms. The summed E-state index contributed by atoms with van der Waals surface area (Å²) in [4.78, 5) is 0. The van der Waals surface area contributed by atoms with Crippen molar-refractivity contribution in [1.82, 2.24) is 4.71 Å². The van der Waals surface area contributed by atoms with Crippen molar-refractivity contribution in [2.24, 2.45) is 0 Å². The fourth-order valence-electron chi connectivity index (χ4n) is 6.20. The minimum absolute atomic E-state index is 0.230. The summed E-state index contributed by atoms with van der Waals surface area (Å²) in [5.41, 5.74) is 1.17. The molecule has 0 aliphatic heterocycles. The zero-order chi connectivity index (χ0) is 27.6. The summed E-state index contributed by atoms with van der Waals surface area (Å²) < 4.78 is 51.0. The molecule has 208 valence electrons. The van der Waals surface area contributed by atoms with E-state index >= 15 is 13.3 Å². The van der Waals surface area contributed by atoms with Gasteiger partial charge in [-0.1, -0.05) is 94.5 Å². The number of halogens is 3. The molecule has 1 aliphatic carbocycles. The molecular formula is C34H47F3N+. The Bertz CT molecular complexity index is 1020. The highest BCUT2D eigenvalue weighted by Gasteiger charge is 2.67. The first-order chi connectivity index (χ1) is 18.4. The zero-order valence-electron chi connectivity index (χ0n) is 23.9. The Hall–Kier alpha value is -2.33. The number of para-hydroxylation sites is 2. The van der Waals surface area contributed by atoms with Crippen molar-refractivity contribution in [2.45, 2.75) is 116 Å². The van der Waals surface area contributed by atoms with Crippen LogP contribution < -0.4 is 4.71 Å². The van der Waals surface area contributed by atoms with Crippen LogP contribution in [0.2, 0.25) is 0 Å². The summed E-state index contributed by atoms with van der Waals surface area (Å²) >= 11 is 0. The quantitative estimate of drug-likeness (QED) is 0.202. The van der Waals surface area contributed by atoms with Crippen molar-refractivity contribution in [3.63, 3.8) is 0 Å². The summed E-state index contributed by atoms with van der Waals surface area (Å²) in [5, 5.41) is 0. The van der Waals surface area contributed by atoms with E-state index in [4.69, 9.17) is 0 Å². The molecule has 1 nitrogen and oxygen atoms in total. The van der Waals surface area contributed by atoms with Crippen LogP contribution in [0.4, 0.5) is 24.6 Å². The number of nitrogens with zero attached hydrogens (tertiary/aromatic N) is 1. The van der Waals surface area contributed by atoms with Gasteiger partial charge in [0.05, 0.1) is 0 Å². The van der Waals surface area contributed by atoms with Crippen molar-refractivity contribution in [3.8, 4) is 0 Å². The van der Waals surface area contributed by atoms with Crippen LogP contribution >= 0.6 is 0 Å². The number of quaternary nitrogens is 1. The maximum atomic E-state index is 18.6. The normalized spacial score (nSPS) is 20.3. The molecular weight excluding hydrogens is 479 g/mol. The summed E-state index contributed by atoms with van der Waals surface area (Å²) in [6.45, 7) is 8.33. The van der Waals surface area contributed by atoms with Crippen molar-refractivity contribution < 1.29 is 13.3 Å². The lowest BCUT2D eigenvalue weighted by Crippen LogP contribution is -2.65. The number of hydrogen-bond acceptors (Lipinski definition) is 0. The highest BCUT2D eigenvalue weighted by molar-refractivity contribution is 5.64. The monoisotopic (exact) mass is 526 g/mol. The lowest BCUT2D eigenvalue weighted by molar-refractivity contribution is -0.0482. The van der Waals surface area contributed by atoms with E-state index in [1.54, 1.807) is 48.5 Å². The molecule has 0 saturated carbocycles. The SMILES string of the molecule is CCCCC1=C(F)C(F)C(CCCC)([N+](F)(c2ccccc2)c2ccccc2)C(CCCC)=C1CCCC. The molecule has 2 atom stereocenters. The molecule has 3 rings (SSSR count). The predicted octanol–water partition coefficient (Wildman–Crippen LogP) is 11.6. The van der Waals surface area contributed by atoms with Gasteiger partial charge in [-0.15, -0.1) is 0 Å². The second-order valence-corrected chi connectivity index (χ2v) is 10.7. The molecule has 0 radical (unpaired) electrons. The molecule has 0 saturated heterocycles. The number of benzene rings is 2. The zero-order valence-corrected chi connectivity index (χ0v) is 23.9. The molecule has 38 heavy (non-hydrogen) atoms. The van der Waals surface area contributed by atoms with Gasteiger partial charge in [0.15, 0.2) is 11.4 Å². The number of alkyl halides is 1. The summed E-state index contributed by atoms with van der Waals surface area (Å²) in [6, 6.07) is 17.8. The minimum atomic E-state index is -2.07. The van der Waals surface area contributed by atoms with Gasteiger partial charge in [0.25, 0.3) is 0 Å². The third-order valence-corrected chi connectivity index (χ3v) is 8.21. The van der Waals surface area contributed by atoms with Crippen molar-refractivity contribution >= 4 is 11.4 Å². The van der Waals surface area contributed by atoms with Gasteiger partial charge in [-0.3, -0.25) is 0 Å². The highest BCUT2D eigenvalue weighted by Crippen LogP contribution is 2.58. The third-order valence-electron chi connectivity index (χ3n) is 8.21. The van der Waals surface area contributed by atoms with Gasteiger partial charge < -0.3 is 0 Å². The van der Waals surface area contributed by atoms with Gasteiger partial charge in [0.1, 0.15) is 5.83 Å². The fourth-order valence-corrected chi connectivity index (χ4v) is 6.20. The van der Waals surface area contributed by atoms with Crippen molar-refractivity contribution in [3.05, 3.63) is 83.2 Å². The molecule has 2 aromatic rings. The fraction of sp³-hybridized carbons (Fsp3) is 0.529. The first-order valence-corrected chi connectivity index (χ1v) is 14.9. The third kappa shape index (κ3) is 5.66. The largest absolute Gasteiger partial charge is 0.232 e. The summed E-state index contributed by atoms with van der Waals surface area (Å²) in [5.74, 6) is -0.743. The molecule has 0 aromatic heterocycles. The van der Waals surface area contributed by atoms with Crippen LogP contribution in [0.5, 0.6) is 0 Å². The predicted molar refractivity (Wildman–Crippen MR) is 156 cm³/mol. The van der Waals surface area contributed by atoms with Crippen LogP contribution in [0.3, 0.4) is 0 Å². The number of rotatable bonds is 15. The maximum Gasteiger partial charge on any atom is 0.214 e. The van der Waals surface area contributed by atoms with E-state index in [0.717, 1.165) is 56.1 Å². The molecule has 0 fully saturated rings. The van der Waals surface area contributed by atoms with E-state index in [1.807, 2.05) is 19.1 Å². The Balaban J connectivity index is 2.47. The van der Waals surface area contributed by atoms with Crippen LogP contribution in [0, 0.1) is 0 Å². The average molecular weight is 527 g/mol. The Morgan fingerprint density at radius 1 is 0.658 bits per heavy atom. The smallest absolute Gasteiger partial charge is 0.214 e. The Morgan fingerprint density at radius 2 is 1.11 bits per heavy atom. The number of unbranched alkanes of at least 4 members (excludes halogenated alkanes) is 4. The van der Waals surface area contributed by atoms with E-state index in [2.05, 4.69) is 20.8 Å². The topological polar surface area (TPSA) is 0 Å². The molecule has 0 heterocycles. The minimum Gasteiger partial charge on any atom is -0.232 e. The van der Waals surface area contributed by atoms with Crippen LogP contribution in [-0.2, 0) is 0 Å². The second kappa shape index (κ2) is 14.2. The molecule has 0 bridgehead atoms. The van der Waals surface area contributed by atoms with E-state index < -0.39 is 22.2 Å². The van der Waals surface area contributed by atoms with E-state index in [0.29, 0.717) is 42.6 Å². The molecule has 0 amide bonds. The first-order valence-electron chi connectivity index (χ1n) is 14.9. The van der Waals surface area contributed by atoms with Gasteiger partial charge in [-0.25, -0.2) is 8.78 Å². The van der Waals surface area contributed by atoms with E-state index in [9.17, 15) is 0 Å². The Kier molecular flexibility index (Phi) is 11.3. The number of allylic oxidation sites excluding steroid dienone is 2. The van der Waals surface area contributed by atoms with Crippen LogP contribution in [0.1, 0.15) is 105 Å². The van der Waals surface area contributed by atoms with Gasteiger partial charge in [-0.05, 0) is 56.1 Å². The Morgan fingerprint density at radius 3 is 1.58 bits per heavy atom. The molecule has 0 N–H and O–H groups in total. The van der Waals surface area contributed by atoms with Crippen molar-refractivity contribution in [1.29, 1.82) is 0 Å². The first kappa shape index (κ1) is 30.2. The average Bonchev–Trinajstić information content (AvgIpc) is 2.96. The van der Waals surface area contributed by atoms with Crippen molar-refractivity contribution in [2.75, 3.05) is 0 Å². The molecule has 0 spiro atoms. The van der Waals surface area contributed by atoms with E-state index in [1.165, 1.54) is 0 Å². The standard InChI is InChI=1S/C34H47F3N/c1-5-9-23-29-30(24-10-6-2)32(35)33(36)34(26-12-8-4,31(29)25-11-7-3)38(37,27-19-15-13-16-20-27)28-21-17-14-18-22-28/h13-22,33H,5-12,23-26H2,1-4H3/q+1. The van der Waals surface area contributed by atoms with E-state index in [-0.39, 0.29) is 6.42 Å². The van der Waals surface area contributed by atoms with Gasteiger partial charge >= 0.3 is 0 Å². The lowest BCUT2D eigenvalue weighted by Gasteiger charge is -2.49. The van der Waals surface area contributed by atoms with Crippen LogP contribution in [0.15, 0.2) is 83.2 Å². The van der Waals surface area contributed by atoms with Gasteiger partial charge in [-0.2, -0.15) is 0 Å². The molecule has 2 aromatic carbocycles. The summed E-state index contributed by atoms with van der Waals surface area (Å²) in [7, 11) is 0. The van der Waals surface area contributed by atoms with Crippen LogP contribution in [-0.4, -0.2) is 11.7 Å². The molecule has 2 unspecified atom stereocenters. The Labute approximate surface area is 229 Å². The molecule has 1 aliphatic rings.